The number of hydrogen-bond acceptors (Lipinski definition) is 5. The largest absolute Gasteiger partial charge is 0.358 e. The second-order valence-corrected chi connectivity index (χ2v) is 5.80. The van der Waals surface area contributed by atoms with Crippen LogP contribution < -0.4 is 5.32 Å². The molecule has 0 saturated heterocycles. The van der Waals surface area contributed by atoms with Crippen LogP contribution in [0.5, 0.6) is 0 Å². The van der Waals surface area contributed by atoms with Gasteiger partial charge in [-0.3, -0.25) is 9.78 Å². The Hall–Kier alpha value is -2.41. The van der Waals surface area contributed by atoms with Crippen LogP contribution >= 0.6 is 11.8 Å². The molecule has 0 aliphatic carbocycles. The lowest BCUT2D eigenvalue weighted by Gasteiger charge is -2.11. The molecule has 0 saturated carbocycles. The van der Waals surface area contributed by atoms with Gasteiger partial charge in [0.25, 0.3) is 5.91 Å². The highest BCUT2D eigenvalue weighted by molar-refractivity contribution is 7.98. The Morgan fingerprint density at radius 3 is 3.00 bits per heavy atom. The fraction of sp³-hybridized carbons (Fsp3) is 0.200. The van der Waals surface area contributed by atoms with E-state index in [-0.39, 0.29) is 5.91 Å². The van der Waals surface area contributed by atoms with Gasteiger partial charge in [-0.05, 0) is 18.4 Å². The van der Waals surface area contributed by atoms with Crippen molar-refractivity contribution in [1.82, 2.24) is 25.3 Å². The zero-order valence-electron chi connectivity index (χ0n) is 11.9. The van der Waals surface area contributed by atoms with Crippen LogP contribution in [0.1, 0.15) is 16.1 Å². The zero-order chi connectivity index (χ0) is 15.1. The molecule has 2 N–H and O–H groups in total. The van der Waals surface area contributed by atoms with Gasteiger partial charge in [0.2, 0.25) is 0 Å². The Bertz CT molecular complexity index is 889. The standard InChI is InChI=1S/C15H13N5OS/c1-22-15-18-7-12-13(20-15)8(2-4-16-12)11-6-9-10(19-11)3-5-17-14(9)21/h2,4,6-7,19H,3,5H2,1H3,(H,17,21). The fourth-order valence-corrected chi connectivity index (χ4v) is 3.02. The van der Waals surface area contributed by atoms with E-state index < -0.39 is 0 Å². The molecule has 1 aliphatic heterocycles. The first kappa shape index (κ1) is 13.3. The van der Waals surface area contributed by atoms with Crippen LogP contribution in [0.15, 0.2) is 29.7 Å². The van der Waals surface area contributed by atoms with E-state index in [2.05, 4.69) is 25.3 Å². The van der Waals surface area contributed by atoms with Gasteiger partial charge >= 0.3 is 0 Å². The topological polar surface area (TPSA) is 83.6 Å². The van der Waals surface area contributed by atoms with Gasteiger partial charge in [-0.1, -0.05) is 11.8 Å². The first-order chi connectivity index (χ1) is 10.8. The maximum absolute atomic E-state index is 11.9. The summed E-state index contributed by atoms with van der Waals surface area (Å²) < 4.78 is 0. The second-order valence-electron chi connectivity index (χ2n) is 5.03. The van der Waals surface area contributed by atoms with E-state index in [0.717, 1.165) is 34.4 Å². The smallest absolute Gasteiger partial charge is 0.253 e. The molecule has 4 rings (SSSR count). The number of aromatic amines is 1. The molecule has 3 aromatic heterocycles. The first-order valence-corrected chi connectivity index (χ1v) is 8.15. The van der Waals surface area contributed by atoms with Gasteiger partial charge < -0.3 is 10.3 Å². The van der Waals surface area contributed by atoms with Crippen molar-refractivity contribution in [2.24, 2.45) is 0 Å². The lowest BCUT2D eigenvalue weighted by molar-refractivity contribution is 0.0946. The van der Waals surface area contributed by atoms with Crippen molar-refractivity contribution >= 4 is 28.7 Å². The number of carbonyl (C=O) groups excluding carboxylic acids is 1. The lowest BCUT2D eigenvalue weighted by atomic mass is 10.1. The molecule has 1 amide bonds. The van der Waals surface area contributed by atoms with E-state index in [1.54, 1.807) is 12.4 Å². The van der Waals surface area contributed by atoms with Crippen molar-refractivity contribution in [1.29, 1.82) is 0 Å². The van der Waals surface area contributed by atoms with Crippen LogP contribution in [-0.2, 0) is 6.42 Å². The highest BCUT2D eigenvalue weighted by atomic mass is 32.2. The third-order valence-corrected chi connectivity index (χ3v) is 4.30. The van der Waals surface area contributed by atoms with E-state index in [4.69, 9.17) is 0 Å². The van der Waals surface area contributed by atoms with Gasteiger partial charge in [-0.15, -0.1) is 0 Å². The van der Waals surface area contributed by atoms with Crippen molar-refractivity contribution in [2.45, 2.75) is 11.6 Å². The molecule has 6 nitrogen and oxygen atoms in total. The molecule has 0 spiro atoms. The predicted octanol–water partition coefficient (Wildman–Crippen LogP) is 2.03. The molecule has 0 radical (unpaired) electrons. The van der Waals surface area contributed by atoms with E-state index in [9.17, 15) is 4.79 Å². The molecule has 7 heteroatoms. The highest BCUT2D eigenvalue weighted by Gasteiger charge is 2.21. The van der Waals surface area contributed by atoms with Crippen LogP contribution in [0.2, 0.25) is 0 Å². The third-order valence-electron chi connectivity index (χ3n) is 3.73. The quantitative estimate of drug-likeness (QED) is 0.559. The summed E-state index contributed by atoms with van der Waals surface area (Å²) in [4.78, 5) is 28.4. The number of amides is 1. The van der Waals surface area contributed by atoms with Crippen LogP contribution in [0, 0.1) is 0 Å². The Balaban J connectivity index is 1.92. The summed E-state index contributed by atoms with van der Waals surface area (Å²) in [5.74, 6) is -0.0264. The number of aromatic nitrogens is 4. The Labute approximate surface area is 130 Å². The number of H-pyrrole nitrogens is 1. The maximum atomic E-state index is 11.9. The van der Waals surface area contributed by atoms with E-state index in [1.165, 1.54) is 11.8 Å². The van der Waals surface area contributed by atoms with E-state index in [1.807, 2.05) is 18.4 Å². The number of hydrogen-bond donors (Lipinski definition) is 2. The number of pyridine rings is 1. The van der Waals surface area contributed by atoms with E-state index >= 15 is 0 Å². The van der Waals surface area contributed by atoms with Crippen LogP contribution in [0.3, 0.4) is 0 Å². The van der Waals surface area contributed by atoms with Gasteiger partial charge in [-0.2, -0.15) is 0 Å². The molecule has 110 valence electrons. The summed E-state index contributed by atoms with van der Waals surface area (Å²) in [5.41, 5.74) is 5.05. The molecule has 3 aromatic rings. The molecular formula is C15H13N5OS. The van der Waals surface area contributed by atoms with Gasteiger partial charge in [0.05, 0.1) is 11.8 Å². The zero-order valence-corrected chi connectivity index (χ0v) is 12.7. The van der Waals surface area contributed by atoms with Crippen molar-refractivity contribution in [2.75, 3.05) is 12.8 Å². The summed E-state index contributed by atoms with van der Waals surface area (Å²) >= 11 is 1.49. The minimum absolute atomic E-state index is 0.0264. The summed E-state index contributed by atoms with van der Waals surface area (Å²) in [5, 5.41) is 3.56. The number of thioether (sulfide) groups is 1. The van der Waals surface area contributed by atoms with Gasteiger partial charge in [-0.25, -0.2) is 9.97 Å². The molecule has 1 aliphatic rings. The summed E-state index contributed by atoms with van der Waals surface area (Å²) in [6.07, 6.45) is 6.22. The molecule has 0 bridgehead atoms. The molecule has 22 heavy (non-hydrogen) atoms. The highest BCUT2D eigenvalue weighted by Crippen LogP contribution is 2.29. The fourth-order valence-electron chi connectivity index (χ4n) is 2.68. The molecular weight excluding hydrogens is 298 g/mol. The van der Waals surface area contributed by atoms with Crippen molar-refractivity contribution < 1.29 is 4.79 Å². The predicted molar refractivity (Wildman–Crippen MR) is 84.9 cm³/mol. The average Bonchev–Trinajstić information content (AvgIpc) is 2.99. The van der Waals surface area contributed by atoms with E-state index in [0.29, 0.717) is 17.3 Å². The SMILES string of the molecule is CSc1ncc2nccc(-c3cc4c([nH]3)CCNC4=O)c2n1. The van der Waals surface area contributed by atoms with Crippen LogP contribution in [-0.4, -0.2) is 38.6 Å². The Kier molecular flexibility index (Phi) is 3.07. The number of nitrogens with zero attached hydrogens (tertiary/aromatic N) is 3. The minimum Gasteiger partial charge on any atom is -0.358 e. The third kappa shape index (κ3) is 2.05. The first-order valence-electron chi connectivity index (χ1n) is 6.92. The Morgan fingerprint density at radius 1 is 1.27 bits per heavy atom. The average molecular weight is 311 g/mol. The minimum atomic E-state index is -0.0264. The Morgan fingerprint density at radius 2 is 2.18 bits per heavy atom. The summed E-state index contributed by atoms with van der Waals surface area (Å²) in [6, 6.07) is 3.80. The van der Waals surface area contributed by atoms with Crippen molar-refractivity contribution in [3.8, 4) is 11.3 Å². The molecule has 0 fully saturated rings. The van der Waals surface area contributed by atoms with Crippen molar-refractivity contribution in [3.05, 3.63) is 35.8 Å². The number of carbonyl (C=O) groups is 1. The van der Waals surface area contributed by atoms with Gasteiger partial charge in [0.1, 0.15) is 11.0 Å². The number of nitrogens with one attached hydrogen (secondary N) is 2. The van der Waals surface area contributed by atoms with Gasteiger partial charge in [0, 0.05) is 36.1 Å². The normalized spacial score (nSPS) is 14.0. The summed E-state index contributed by atoms with van der Waals surface area (Å²) in [7, 11) is 0. The van der Waals surface area contributed by atoms with Crippen molar-refractivity contribution in [3.63, 3.8) is 0 Å². The number of rotatable bonds is 2. The monoisotopic (exact) mass is 311 g/mol. The molecule has 0 unspecified atom stereocenters. The second kappa shape index (κ2) is 5.10. The summed E-state index contributed by atoms with van der Waals surface area (Å²) in [6.45, 7) is 0.668. The maximum Gasteiger partial charge on any atom is 0.253 e. The van der Waals surface area contributed by atoms with Gasteiger partial charge in [0.15, 0.2) is 5.16 Å². The molecule has 0 atom stereocenters. The molecule has 4 heterocycles. The van der Waals surface area contributed by atoms with Crippen LogP contribution in [0.25, 0.3) is 22.3 Å². The lowest BCUT2D eigenvalue weighted by Crippen LogP contribution is -2.31. The molecule has 0 aromatic carbocycles. The number of fused-ring (bicyclic) bond motifs is 2. The van der Waals surface area contributed by atoms with Crippen LogP contribution in [0.4, 0.5) is 0 Å².